The molecule has 0 spiro atoms. The number of rotatable bonds is 6. The van der Waals surface area contributed by atoms with E-state index in [1.807, 2.05) is 6.92 Å². The van der Waals surface area contributed by atoms with Crippen LogP contribution in [-0.2, 0) is 9.53 Å². The molecule has 0 aromatic heterocycles. The van der Waals surface area contributed by atoms with E-state index in [1.165, 1.54) is 18.2 Å². The number of hydrogen-bond donors (Lipinski definition) is 1. The molecule has 8 heteroatoms. The Morgan fingerprint density at radius 2 is 1.83 bits per heavy atom. The number of carbonyl (C=O) groups is 4. The molecule has 0 saturated heterocycles. The van der Waals surface area contributed by atoms with Crippen molar-refractivity contribution >= 4 is 41.0 Å². The minimum Gasteiger partial charge on any atom is -0.452 e. The topological polar surface area (TPSA) is 92.8 Å². The second-order valence-corrected chi connectivity index (χ2v) is 7.83. The maximum atomic E-state index is 12.8. The van der Waals surface area contributed by atoms with Gasteiger partial charge in [-0.25, -0.2) is 9.69 Å². The van der Waals surface area contributed by atoms with Gasteiger partial charge in [0.2, 0.25) is 0 Å². The summed E-state index contributed by atoms with van der Waals surface area (Å²) in [6, 6.07) is 10.7. The molecule has 1 aliphatic heterocycles. The van der Waals surface area contributed by atoms with Crippen LogP contribution in [0.4, 0.5) is 5.69 Å². The van der Waals surface area contributed by atoms with E-state index in [9.17, 15) is 19.2 Å². The fourth-order valence-electron chi connectivity index (χ4n) is 3.44. The highest BCUT2D eigenvalue weighted by Crippen LogP contribution is 2.34. The molecule has 30 heavy (non-hydrogen) atoms. The van der Waals surface area contributed by atoms with E-state index in [-0.39, 0.29) is 39.3 Å². The third-order valence-electron chi connectivity index (χ3n) is 5.27. The molecule has 3 amide bonds. The maximum absolute atomic E-state index is 12.8. The Kier molecular flexibility index (Phi) is 5.30. The van der Waals surface area contributed by atoms with Crippen molar-refractivity contribution in [1.29, 1.82) is 0 Å². The third kappa shape index (κ3) is 3.80. The van der Waals surface area contributed by atoms with Crippen LogP contribution < -0.4 is 10.2 Å². The fourth-order valence-corrected chi connectivity index (χ4v) is 3.66. The molecule has 2 aromatic rings. The van der Waals surface area contributed by atoms with Crippen LogP contribution in [0.25, 0.3) is 0 Å². The van der Waals surface area contributed by atoms with Gasteiger partial charge in [0, 0.05) is 6.04 Å². The highest BCUT2D eigenvalue weighted by atomic mass is 35.5. The summed E-state index contributed by atoms with van der Waals surface area (Å²) in [4.78, 5) is 50.8. The Morgan fingerprint density at radius 3 is 2.53 bits per heavy atom. The first-order chi connectivity index (χ1) is 14.4. The zero-order chi connectivity index (χ0) is 21.4. The monoisotopic (exact) mass is 426 g/mol. The average Bonchev–Trinajstić information content (AvgIpc) is 3.55. The normalized spacial score (nSPS) is 16.3. The number of imide groups is 1. The highest BCUT2D eigenvalue weighted by molar-refractivity contribution is 6.39. The van der Waals surface area contributed by atoms with Gasteiger partial charge in [0.25, 0.3) is 17.7 Å². The lowest BCUT2D eigenvalue weighted by Gasteiger charge is -2.15. The quantitative estimate of drug-likeness (QED) is 0.565. The number of halogens is 1. The summed E-state index contributed by atoms with van der Waals surface area (Å²) < 4.78 is 5.06. The molecule has 7 nitrogen and oxygen atoms in total. The number of fused-ring (bicyclic) bond motifs is 1. The number of esters is 1. The van der Waals surface area contributed by atoms with E-state index < -0.39 is 24.4 Å². The predicted octanol–water partition coefficient (Wildman–Crippen LogP) is 3.21. The van der Waals surface area contributed by atoms with Gasteiger partial charge >= 0.3 is 5.97 Å². The molecular weight excluding hydrogens is 408 g/mol. The number of nitrogens with one attached hydrogen (secondary N) is 1. The van der Waals surface area contributed by atoms with Gasteiger partial charge in [0.15, 0.2) is 6.61 Å². The summed E-state index contributed by atoms with van der Waals surface area (Å²) in [5.41, 5.74) is 0.614. The van der Waals surface area contributed by atoms with Crippen molar-refractivity contribution in [3.8, 4) is 0 Å². The Morgan fingerprint density at radius 1 is 1.13 bits per heavy atom. The van der Waals surface area contributed by atoms with Crippen molar-refractivity contribution in [3.63, 3.8) is 0 Å². The van der Waals surface area contributed by atoms with Crippen molar-refractivity contribution in [2.75, 3.05) is 11.5 Å². The van der Waals surface area contributed by atoms with Gasteiger partial charge in [-0.05, 0) is 56.0 Å². The Balaban J connectivity index is 1.46. The van der Waals surface area contributed by atoms with Crippen molar-refractivity contribution in [2.24, 2.45) is 5.92 Å². The van der Waals surface area contributed by atoms with Gasteiger partial charge in [0.05, 0.1) is 27.4 Å². The average molecular weight is 427 g/mol. The van der Waals surface area contributed by atoms with Gasteiger partial charge in [-0.1, -0.05) is 23.7 Å². The number of para-hydroxylation sites is 1. The number of anilines is 1. The molecule has 1 heterocycles. The van der Waals surface area contributed by atoms with E-state index in [2.05, 4.69) is 5.32 Å². The standard InChI is InChI=1S/C22H19ClN2O5/c1-12(13-6-7-13)24-19(26)11-30-22(29)14-8-9-15-16(10-14)21(28)25(20(15)27)18-5-3-2-4-17(18)23/h2-5,8-10,12-13H,6-7,11H2,1H3,(H,24,26). The molecule has 1 saturated carbocycles. The van der Waals surface area contributed by atoms with Crippen LogP contribution in [0.5, 0.6) is 0 Å². The lowest BCUT2D eigenvalue weighted by molar-refractivity contribution is -0.125. The van der Waals surface area contributed by atoms with Crippen LogP contribution in [0, 0.1) is 5.92 Å². The zero-order valence-electron chi connectivity index (χ0n) is 16.2. The summed E-state index contributed by atoms with van der Waals surface area (Å²) in [6.07, 6.45) is 2.18. The van der Waals surface area contributed by atoms with Crippen LogP contribution >= 0.6 is 11.6 Å². The molecule has 1 unspecified atom stereocenters. The van der Waals surface area contributed by atoms with Crippen molar-refractivity contribution < 1.29 is 23.9 Å². The van der Waals surface area contributed by atoms with Crippen molar-refractivity contribution in [2.45, 2.75) is 25.8 Å². The Hall–Kier alpha value is -3.19. The summed E-state index contributed by atoms with van der Waals surface area (Å²) >= 11 is 6.13. The molecule has 1 N–H and O–H groups in total. The van der Waals surface area contributed by atoms with Crippen LogP contribution in [0.2, 0.25) is 5.02 Å². The van der Waals surface area contributed by atoms with E-state index in [0.29, 0.717) is 5.92 Å². The zero-order valence-corrected chi connectivity index (χ0v) is 16.9. The second kappa shape index (κ2) is 7.91. The first kappa shape index (κ1) is 20.1. The van der Waals surface area contributed by atoms with Gasteiger partial charge in [-0.3, -0.25) is 14.4 Å². The third-order valence-corrected chi connectivity index (χ3v) is 5.59. The number of carbonyl (C=O) groups excluding carboxylic acids is 4. The number of hydrogen-bond acceptors (Lipinski definition) is 5. The SMILES string of the molecule is CC(NC(=O)COC(=O)c1ccc2c(c1)C(=O)N(c1ccccc1Cl)C2=O)C1CC1. The number of nitrogens with zero attached hydrogens (tertiary/aromatic N) is 1. The lowest BCUT2D eigenvalue weighted by Crippen LogP contribution is -2.37. The number of amides is 3. The van der Waals surface area contributed by atoms with Crippen LogP contribution in [0.1, 0.15) is 50.8 Å². The van der Waals surface area contributed by atoms with E-state index in [4.69, 9.17) is 16.3 Å². The molecule has 1 atom stereocenters. The molecule has 2 aromatic carbocycles. The lowest BCUT2D eigenvalue weighted by atomic mass is 10.1. The van der Waals surface area contributed by atoms with Crippen LogP contribution in [0.15, 0.2) is 42.5 Å². The molecule has 1 fully saturated rings. The minimum absolute atomic E-state index is 0.0515. The van der Waals surface area contributed by atoms with E-state index in [0.717, 1.165) is 17.7 Å². The molecular formula is C22H19ClN2O5. The first-order valence-electron chi connectivity index (χ1n) is 9.60. The van der Waals surface area contributed by atoms with Gasteiger partial charge in [0.1, 0.15) is 0 Å². The molecule has 4 rings (SSSR count). The summed E-state index contributed by atoms with van der Waals surface area (Å²) in [7, 11) is 0. The molecule has 154 valence electrons. The van der Waals surface area contributed by atoms with Crippen LogP contribution in [-0.4, -0.2) is 36.3 Å². The minimum atomic E-state index is -0.747. The van der Waals surface area contributed by atoms with E-state index >= 15 is 0 Å². The largest absolute Gasteiger partial charge is 0.452 e. The Bertz CT molecular complexity index is 1060. The fraction of sp³-hybridized carbons (Fsp3) is 0.273. The maximum Gasteiger partial charge on any atom is 0.338 e. The first-order valence-corrected chi connectivity index (χ1v) is 9.98. The summed E-state index contributed by atoms with van der Waals surface area (Å²) in [6.45, 7) is 1.51. The second-order valence-electron chi connectivity index (χ2n) is 7.43. The molecule has 1 aliphatic carbocycles. The molecule has 2 aliphatic rings. The summed E-state index contributed by atoms with van der Waals surface area (Å²) in [5.74, 6) is -1.72. The smallest absolute Gasteiger partial charge is 0.338 e. The molecule has 0 radical (unpaired) electrons. The van der Waals surface area contributed by atoms with Gasteiger partial charge < -0.3 is 10.1 Å². The van der Waals surface area contributed by atoms with Gasteiger partial charge in [-0.2, -0.15) is 0 Å². The van der Waals surface area contributed by atoms with Gasteiger partial charge in [-0.15, -0.1) is 0 Å². The highest BCUT2D eigenvalue weighted by Gasteiger charge is 2.38. The van der Waals surface area contributed by atoms with E-state index in [1.54, 1.807) is 24.3 Å². The Labute approximate surface area is 177 Å². The number of ether oxygens (including phenoxy) is 1. The molecule has 0 bridgehead atoms. The van der Waals surface area contributed by atoms with Crippen molar-refractivity contribution in [3.05, 3.63) is 64.2 Å². The number of benzene rings is 2. The summed E-state index contributed by atoms with van der Waals surface area (Å²) in [5, 5.41) is 3.06. The van der Waals surface area contributed by atoms with Crippen LogP contribution in [0.3, 0.4) is 0 Å². The predicted molar refractivity (Wildman–Crippen MR) is 110 cm³/mol. The van der Waals surface area contributed by atoms with Crippen molar-refractivity contribution in [1.82, 2.24) is 5.32 Å².